The summed E-state index contributed by atoms with van der Waals surface area (Å²) in [7, 11) is 0. The highest BCUT2D eigenvalue weighted by atomic mass is 16.6. The molecule has 5 rings (SSSR count). The quantitative estimate of drug-likeness (QED) is 0.512. The molecule has 1 saturated carbocycles. The van der Waals surface area contributed by atoms with E-state index in [1.807, 2.05) is 18.2 Å². The van der Waals surface area contributed by atoms with Crippen LogP contribution in [0.15, 0.2) is 18.2 Å². The SMILES string of the molecule is O=C(C[C@H]1C[C@H]2c3cc(NC(=O)CC4CC4)ccc3O[C@H]2[C@@H](CO)O1)NCCN1CCCCC1. The van der Waals surface area contributed by atoms with Crippen LogP contribution in [0.3, 0.4) is 0 Å². The fraction of sp³-hybridized carbons (Fsp3) is 0.692. The minimum absolute atomic E-state index is 0.0163. The zero-order valence-corrected chi connectivity index (χ0v) is 19.8. The Morgan fingerprint density at radius 1 is 1.09 bits per heavy atom. The smallest absolute Gasteiger partial charge is 0.224 e. The number of anilines is 1. The number of ether oxygens (including phenoxy) is 2. The summed E-state index contributed by atoms with van der Waals surface area (Å²) >= 11 is 0. The monoisotopic (exact) mass is 471 g/mol. The molecule has 1 aliphatic carbocycles. The first kappa shape index (κ1) is 23.6. The number of aliphatic hydroxyl groups excluding tert-OH is 1. The highest BCUT2D eigenvalue weighted by molar-refractivity contribution is 5.91. The number of fused-ring (bicyclic) bond motifs is 3. The van der Waals surface area contributed by atoms with Crippen molar-refractivity contribution in [3.8, 4) is 5.75 Å². The van der Waals surface area contributed by atoms with Gasteiger partial charge in [-0.15, -0.1) is 0 Å². The van der Waals surface area contributed by atoms with Crippen LogP contribution >= 0.6 is 0 Å². The number of likely N-dealkylation sites (tertiary alicyclic amines) is 1. The summed E-state index contributed by atoms with van der Waals surface area (Å²) in [5, 5.41) is 16.0. The molecule has 8 nitrogen and oxygen atoms in total. The topological polar surface area (TPSA) is 100 Å². The minimum atomic E-state index is -0.481. The average Bonchev–Trinajstić information content (AvgIpc) is 3.57. The fourth-order valence-corrected chi connectivity index (χ4v) is 5.58. The molecule has 3 aliphatic heterocycles. The van der Waals surface area contributed by atoms with E-state index in [1.54, 1.807) is 0 Å². The van der Waals surface area contributed by atoms with Crippen LogP contribution in [0.5, 0.6) is 5.75 Å². The third kappa shape index (κ3) is 5.73. The van der Waals surface area contributed by atoms with Gasteiger partial charge in [-0.1, -0.05) is 6.42 Å². The molecule has 0 bridgehead atoms. The van der Waals surface area contributed by atoms with Crippen LogP contribution in [0.2, 0.25) is 0 Å². The van der Waals surface area contributed by atoms with Gasteiger partial charge in [0.15, 0.2) is 0 Å². The van der Waals surface area contributed by atoms with Crippen molar-refractivity contribution >= 4 is 17.5 Å². The summed E-state index contributed by atoms with van der Waals surface area (Å²) < 4.78 is 12.2. The maximum Gasteiger partial charge on any atom is 0.224 e. The van der Waals surface area contributed by atoms with E-state index in [4.69, 9.17) is 9.47 Å². The predicted octanol–water partition coefficient (Wildman–Crippen LogP) is 2.41. The maximum absolute atomic E-state index is 12.6. The van der Waals surface area contributed by atoms with E-state index in [2.05, 4.69) is 15.5 Å². The number of piperidine rings is 1. The Bertz CT molecular complexity index is 883. The molecule has 2 amide bonds. The normalized spacial score (nSPS) is 28.5. The molecule has 3 fully saturated rings. The molecule has 3 heterocycles. The lowest BCUT2D eigenvalue weighted by atomic mass is 9.84. The molecule has 1 aromatic carbocycles. The van der Waals surface area contributed by atoms with Crippen molar-refractivity contribution in [2.45, 2.75) is 75.6 Å². The standard InChI is InChI=1S/C26H37N3O5/c30-16-23-26-21(14-19(33-23)15-24(31)27-8-11-29-9-2-1-3-10-29)20-13-18(6-7-22(20)34-26)28-25(32)12-17-4-5-17/h6-7,13,17,19,21,23,26,30H,1-5,8-12,14-16H2,(H,27,31)(H,28,32)/t19-,21+,23-,26-/m1/s1. The summed E-state index contributed by atoms with van der Waals surface area (Å²) in [6.45, 7) is 3.61. The Balaban J connectivity index is 1.17. The van der Waals surface area contributed by atoms with Crippen LogP contribution in [-0.2, 0) is 14.3 Å². The lowest BCUT2D eigenvalue weighted by molar-refractivity contribution is -0.142. The second-order valence-corrected chi connectivity index (χ2v) is 10.3. The van der Waals surface area contributed by atoms with Gasteiger partial charge < -0.3 is 30.1 Å². The molecule has 0 aromatic heterocycles. The zero-order chi connectivity index (χ0) is 23.5. The van der Waals surface area contributed by atoms with Crippen LogP contribution in [-0.4, -0.2) is 72.9 Å². The second kappa shape index (κ2) is 10.6. The Hall–Kier alpha value is -2.16. The number of amides is 2. The molecule has 0 spiro atoms. The fourth-order valence-electron chi connectivity index (χ4n) is 5.58. The average molecular weight is 472 g/mol. The molecule has 2 saturated heterocycles. The molecule has 0 radical (unpaired) electrons. The second-order valence-electron chi connectivity index (χ2n) is 10.3. The maximum atomic E-state index is 12.6. The molecular formula is C26H37N3O5. The third-order valence-electron chi connectivity index (χ3n) is 7.57. The number of nitrogens with one attached hydrogen (secondary N) is 2. The van der Waals surface area contributed by atoms with Crippen LogP contribution in [0, 0.1) is 5.92 Å². The Labute approximate surface area is 201 Å². The zero-order valence-electron chi connectivity index (χ0n) is 19.8. The molecule has 186 valence electrons. The van der Waals surface area contributed by atoms with Gasteiger partial charge in [-0.2, -0.15) is 0 Å². The summed E-state index contributed by atoms with van der Waals surface area (Å²) in [6, 6.07) is 5.74. The Kier molecular flexibility index (Phi) is 7.37. The van der Waals surface area contributed by atoms with Gasteiger partial charge in [0.25, 0.3) is 0 Å². The van der Waals surface area contributed by atoms with E-state index in [0.29, 0.717) is 25.3 Å². The lowest BCUT2D eigenvalue weighted by Crippen LogP contribution is -2.47. The predicted molar refractivity (Wildman–Crippen MR) is 128 cm³/mol. The van der Waals surface area contributed by atoms with Gasteiger partial charge in [-0.25, -0.2) is 0 Å². The van der Waals surface area contributed by atoms with Crippen LogP contribution < -0.4 is 15.4 Å². The number of rotatable bonds is 9. The van der Waals surface area contributed by atoms with E-state index in [9.17, 15) is 14.7 Å². The van der Waals surface area contributed by atoms with Crippen molar-refractivity contribution in [3.63, 3.8) is 0 Å². The number of hydrogen-bond donors (Lipinski definition) is 3. The van der Waals surface area contributed by atoms with Crippen molar-refractivity contribution in [1.82, 2.24) is 10.2 Å². The number of hydrogen-bond acceptors (Lipinski definition) is 6. The number of benzene rings is 1. The van der Waals surface area contributed by atoms with E-state index in [1.165, 1.54) is 19.3 Å². The molecule has 0 unspecified atom stereocenters. The van der Waals surface area contributed by atoms with E-state index in [0.717, 1.165) is 49.5 Å². The Morgan fingerprint density at radius 2 is 1.91 bits per heavy atom. The van der Waals surface area contributed by atoms with Crippen molar-refractivity contribution in [1.29, 1.82) is 0 Å². The van der Waals surface area contributed by atoms with Crippen LogP contribution in [0.4, 0.5) is 5.69 Å². The summed E-state index contributed by atoms with van der Waals surface area (Å²) in [4.78, 5) is 27.3. The molecule has 1 aromatic rings. The number of carbonyl (C=O) groups excluding carboxylic acids is 2. The molecule has 3 N–H and O–H groups in total. The van der Waals surface area contributed by atoms with E-state index >= 15 is 0 Å². The number of carbonyl (C=O) groups is 2. The van der Waals surface area contributed by atoms with E-state index < -0.39 is 6.10 Å². The van der Waals surface area contributed by atoms with Crippen molar-refractivity contribution in [3.05, 3.63) is 23.8 Å². The van der Waals surface area contributed by atoms with Crippen molar-refractivity contribution in [2.75, 3.05) is 38.1 Å². The molecule has 4 atom stereocenters. The highest BCUT2D eigenvalue weighted by Gasteiger charge is 2.46. The summed E-state index contributed by atoms with van der Waals surface area (Å²) in [5.41, 5.74) is 1.79. The van der Waals surface area contributed by atoms with Gasteiger partial charge in [-0.3, -0.25) is 9.59 Å². The third-order valence-corrected chi connectivity index (χ3v) is 7.57. The Morgan fingerprint density at radius 3 is 2.68 bits per heavy atom. The number of aliphatic hydroxyl groups is 1. The van der Waals surface area contributed by atoms with Gasteiger partial charge >= 0.3 is 0 Å². The first-order valence-corrected chi connectivity index (χ1v) is 12.9. The molecular weight excluding hydrogens is 434 g/mol. The first-order chi connectivity index (χ1) is 16.6. The van der Waals surface area contributed by atoms with Crippen molar-refractivity contribution < 1.29 is 24.2 Å². The highest BCUT2D eigenvalue weighted by Crippen LogP contribution is 2.47. The van der Waals surface area contributed by atoms with Crippen LogP contribution in [0.1, 0.15) is 62.8 Å². The van der Waals surface area contributed by atoms with Crippen molar-refractivity contribution in [2.24, 2.45) is 5.92 Å². The molecule has 8 heteroatoms. The van der Waals surface area contributed by atoms with E-state index in [-0.39, 0.29) is 43.0 Å². The minimum Gasteiger partial charge on any atom is -0.487 e. The van der Waals surface area contributed by atoms with Gasteiger partial charge in [0.2, 0.25) is 11.8 Å². The lowest BCUT2D eigenvalue weighted by Gasteiger charge is -2.37. The number of nitrogens with zero attached hydrogens (tertiary/aromatic N) is 1. The van der Waals surface area contributed by atoms with Gasteiger partial charge in [-0.05, 0) is 69.3 Å². The summed E-state index contributed by atoms with van der Waals surface area (Å²) in [5.74, 6) is 1.36. The largest absolute Gasteiger partial charge is 0.487 e. The molecule has 34 heavy (non-hydrogen) atoms. The van der Waals surface area contributed by atoms with Crippen LogP contribution in [0.25, 0.3) is 0 Å². The van der Waals surface area contributed by atoms with Gasteiger partial charge in [0.1, 0.15) is 18.0 Å². The van der Waals surface area contributed by atoms with Gasteiger partial charge in [0.05, 0.1) is 19.1 Å². The molecule has 4 aliphatic rings. The first-order valence-electron chi connectivity index (χ1n) is 12.9. The van der Waals surface area contributed by atoms with Gasteiger partial charge in [0, 0.05) is 36.7 Å². The summed E-state index contributed by atoms with van der Waals surface area (Å²) in [6.07, 6.45) is 6.52.